The van der Waals surface area contributed by atoms with Crippen LogP contribution in [0.25, 0.3) is 0 Å². The zero-order valence-corrected chi connectivity index (χ0v) is 12.9. The molecule has 0 saturated carbocycles. The van der Waals surface area contributed by atoms with Crippen molar-refractivity contribution < 1.29 is 10.0 Å². The lowest BCUT2D eigenvalue weighted by Crippen LogP contribution is -2.23. The van der Waals surface area contributed by atoms with Crippen LogP contribution in [0.5, 0.6) is 0 Å². The summed E-state index contributed by atoms with van der Waals surface area (Å²) in [5.41, 5.74) is 0. The van der Waals surface area contributed by atoms with Crippen molar-refractivity contribution in [3.63, 3.8) is 0 Å². The van der Waals surface area contributed by atoms with Gasteiger partial charge in [0.1, 0.15) is 12.4 Å². The number of aromatic nitrogens is 2. The van der Waals surface area contributed by atoms with E-state index in [1.807, 2.05) is 0 Å². The summed E-state index contributed by atoms with van der Waals surface area (Å²) < 4.78 is 4.39. The van der Waals surface area contributed by atoms with E-state index in [1.165, 1.54) is 70.8 Å². The molecule has 1 aromatic heterocycles. The second-order valence-electron chi connectivity index (χ2n) is 5.50. The lowest BCUT2D eigenvalue weighted by atomic mass is 10.1. The van der Waals surface area contributed by atoms with Crippen LogP contribution in [0, 0.1) is 0 Å². The van der Waals surface area contributed by atoms with Gasteiger partial charge in [0.05, 0.1) is 13.6 Å². The molecule has 1 N–H and O–H groups in total. The van der Waals surface area contributed by atoms with Crippen molar-refractivity contribution in [2.24, 2.45) is 7.05 Å². The molecule has 1 rings (SSSR count). The Bertz CT molecular complexity index is 297. The van der Waals surface area contributed by atoms with E-state index in [0.717, 1.165) is 0 Å². The number of aryl methyl sites for hydroxylation is 2. The minimum Gasteiger partial charge on any atom is -0.870 e. The second-order valence-corrected chi connectivity index (χ2v) is 5.50. The van der Waals surface area contributed by atoms with Crippen LogP contribution in [0.4, 0.5) is 0 Å². The average Bonchev–Trinajstić information content (AvgIpc) is 2.77. The zero-order chi connectivity index (χ0) is 13.1. The molecule has 0 spiro atoms. The molecule has 0 aliphatic heterocycles. The van der Waals surface area contributed by atoms with Gasteiger partial charge in [0.15, 0.2) is 0 Å². The summed E-state index contributed by atoms with van der Waals surface area (Å²) in [5.74, 6) is 0. The fourth-order valence-corrected chi connectivity index (χ4v) is 2.42. The Kier molecular flexibility index (Phi) is 11.7. The molecule has 112 valence electrons. The van der Waals surface area contributed by atoms with Gasteiger partial charge in [-0.2, -0.15) is 0 Å². The van der Waals surface area contributed by atoms with Crippen LogP contribution in [0.2, 0.25) is 0 Å². The fourth-order valence-electron chi connectivity index (χ4n) is 2.42. The highest BCUT2D eigenvalue weighted by Gasteiger charge is 1.99. The van der Waals surface area contributed by atoms with Gasteiger partial charge in [0, 0.05) is 0 Å². The number of hydrogen-bond donors (Lipinski definition) is 0. The van der Waals surface area contributed by atoms with E-state index in [4.69, 9.17) is 0 Å². The van der Waals surface area contributed by atoms with Gasteiger partial charge in [-0.05, 0) is 12.8 Å². The normalized spacial score (nSPS) is 10.4. The highest BCUT2D eigenvalue weighted by atomic mass is 16.0. The van der Waals surface area contributed by atoms with Gasteiger partial charge in [-0.25, -0.2) is 9.13 Å². The third-order valence-electron chi connectivity index (χ3n) is 3.59. The van der Waals surface area contributed by atoms with Crippen LogP contribution in [0.3, 0.4) is 0 Å². The maximum absolute atomic E-state index is 2.28. The molecule has 1 aromatic rings. The van der Waals surface area contributed by atoms with Crippen molar-refractivity contribution in [3.8, 4) is 0 Å². The summed E-state index contributed by atoms with van der Waals surface area (Å²) in [6.45, 7) is 3.46. The van der Waals surface area contributed by atoms with Crippen LogP contribution < -0.4 is 4.57 Å². The zero-order valence-electron chi connectivity index (χ0n) is 12.9. The van der Waals surface area contributed by atoms with E-state index >= 15 is 0 Å². The van der Waals surface area contributed by atoms with E-state index in [1.54, 1.807) is 0 Å². The van der Waals surface area contributed by atoms with Gasteiger partial charge in [-0.15, -0.1) is 0 Å². The van der Waals surface area contributed by atoms with Gasteiger partial charge in [-0.1, -0.05) is 58.3 Å². The van der Waals surface area contributed by atoms with Crippen molar-refractivity contribution in [2.75, 3.05) is 0 Å². The van der Waals surface area contributed by atoms with Gasteiger partial charge >= 0.3 is 0 Å². The Morgan fingerprint density at radius 1 is 0.842 bits per heavy atom. The fraction of sp³-hybridized carbons (Fsp3) is 0.812. The number of unbranched alkanes of at least 4 members (excludes halogenated alkanes) is 9. The Morgan fingerprint density at radius 2 is 1.37 bits per heavy atom. The van der Waals surface area contributed by atoms with Gasteiger partial charge in [0.25, 0.3) is 0 Å². The summed E-state index contributed by atoms with van der Waals surface area (Å²) in [7, 11) is 2.08. The largest absolute Gasteiger partial charge is 0.870 e. The summed E-state index contributed by atoms with van der Waals surface area (Å²) in [6, 6.07) is 0. The molecule has 0 atom stereocenters. The second kappa shape index (κ2) is 12.2. The van der Waals surface area contributed by atoms with Crippen LogP contribution in [0.1, 0.15) is 71.1 Å². The molecule has 0 radical (unpaired) electrons. The van der Waals surface area contributed by atoms with E-state index in [2.05, 4.69) is 41.8 Å². The Hall–Kier alpha value is -0.830. The van der Waals surface area contributed by atoms with E-state index in [0.29, 0.717) is 0 Å². The Balaban J connectivity index is 0.00000324. The van der Waals surface area contributed by atoms with Gasteiger partial charge in [-0.3, -0.25) is 0 Å². The van der Waals surface area contributed by atoms with Crippen molar-refractivity contribution in [2.45, 2.75) is 77.7 Å². The topological polar surface area (TPSA) is 38.8 Å². The first-order valence-corrected chi connectivity index (χ1v) is 7.84. The molecular weight excluding hydrogens is 236 g/mol. The van der Waals surface area contributed by atoms with Crippen LogP contribution in [-0.4, -0.2) is 10.0 Å². The maximum Gasteiger partial charge on any atom is 0.243 e. The first-order valence-electron chi connectivity index (χ1n) is 7.84. The molecule has 0 fully saturated rings. The van der Waals surface area contributed by atoms with Crippen molar-refractivity contribution >= 4 is 0 Å². The first kappa shape index (κ1) is 18.2. The van der Waals surface area contributed by atoms with Crippen molar-refractivity contribution in [3.05, 3.63) is 18.7 Å². The minimum atomic E-state index is 0. The third-order valence-corrected chi connectivity index (χ3v) is 3.59. The minimum absolute atomic E-state index is 0. The number of rotatable bonds is 11. The van der Waals surface area contributed by atoms with E-state index in [-0.39, 0.29) is 5.48 Å². The average molecular weight is 268 g/mol. The molecule has 3 nitrogen and oxygen atoms in total. The van der Waals surface area contributed by atoms with Crippen LogP contribution >= 0.6 is 0 Å². The SMILES string of the molecule is CCCCCCCCCCCCn1cc[n+](C)c1.[OH-]. The lowest BCUT2D eigenvalue weighted by molar-refractivity contribution is -0.671. The Labute approximate surface area is 119 Å². The Morgan fingerprint density at radius 3 is 1.84 bits per heavy atom. The molecule has 0 aliphatic carbocycles. The predicted octanol–water partition coefficient (Wildman–Crippen LogP) is 4.06. The first-order chi connectivity index (χ1) is 8.83. The number of nitrogens with zero attached hydrogens (tertiary/aromatic N) is 2. The van der Waals surface area contributed by atoms with E-state index < -0.39 is 0 Å². The third kappa shape index (κ3) is 9.71. The molecule has 0 aromatic carbocycles. The highest BCUT2D eigenvalue weighted by Crippen LogP contribution is 2.10. The number of imidazole rings is 1. The molecule has 0 aliphatic rings. The molecule has 3 heteroatoms. The molecule has 19 heavy (non-hydrogen) atoms. The molecule has 0 unspecified atom stereocenters. The standard InChI is InChI=1S/C16H31N2.H2O/c1-3-4-5-6-7-8-9-10-11-12-13-18-15-14-17(2)16-18;/h14-16H,3-13H2,1-2H3;1H2/q+1;/p-1. The molecule has 0 bridgehead atoms. The smallest absolute Gasteiger partial charge is 0.243 e. The van der Waals surface area contributed by atoms with Crippen molar-refractivity contribution in [1.29, 1.82) is 0 Å². The highest BCUT2D eigenvalue weighted by molar-refractivity contribution is 4.65. The van der Waals surface area contributed by atoms with Crippen LogP contribution in [0.15, 0.2) is 18.7 Å². The maximum atomic E-state index is 2.28. The van der Waals surface area contributed by atoms with Gasteiger partial charge < -0.3 is 5.48 Å². The van der Waals surface area contributed by atoms with Crippen molar-refractivity contribution in [1.82, 2.24) is 4.57 Å². The molecule has 0 amide bonds. The summed E-state index contributed by atoms with van der Waals surface area (Å²) in [5, 5.41) is 0. The molecule has 0 saturated heterocycles. The molecular formula is C16H32N2O. The summed E-state index contributed by atoms with van der Waals surface area (Å²) >= 11 is 0. The quantitative estimate of drug-likeness (QED) is 0.440. The lowest BCUT2D eigenvalue weighted by Gasteiger charge is -2.01. The van der Waals surface area contributed by atoms with Gasteiger partial charge in [0.2, 0.25) is 6.33 Å². The molecule has 1 heterocycles. The summed E-state index contributed by atoms with van der Waals surface area (Å²) in [4.78, 5) is 0. The predicted molar refractivity (Wildman–Crippen MR) is 79.4 cm³/mol. The van der Waals surface area contributed by atoms with Crippen LogP contribution in [-0.2, 0) is 13.6 Å². The summed E-state index contributed by atoms with van der Waals surface area (Å²) in [6.07, 6.45) is 20.6. The monoisotopic (exact) mass is 268 g/mol. The number of hydrogen-bond acceptors (Lipinski definition) is 1. The van der Waals surface area contributed by atoms with E-state index in [9.17, 15) is 0 Å².